The monoisotopic (exact) mass is 230 g/mol. The second-order valence-electron chi connectivity index (χ2n) is 5.02. The zero-order valence-corrected chi connectivity index (χ0v) is 10.7. The molecule has 1 aliphatic carbocycles. The maximum atomic E-state index is 11.5. The lowest BCUT2D eigenvalue weighted by atomic mass is 10.1. The molecule has 3 nitrogen and oxygen atoms in total. The van der Waals surface area contributed by atoms with Crippen LogP contribution in [0.4, 0.5) is 0 Å². The van der Waals surface area contributed by atoms with Crippen molar-refractivity contribution in [3.05, 3.63) is 0 Å². The van der Waals surface area contributed by atoms with E-state index in [0.717, 1.165) is 18.7 Å². The van der Waals surface area contributed by atoms with Crippen LogP contribution in [0.1, 0.15) is 26.7 Å². The highest BCUT2D eigenvalue weighted by molar-refractivity contribution is 7.98. The molecule has 1 unspecified atom stereocenters. The van der Waals surface area contributed by atoms with E-state index < -0.39 is 0 Å². The van der Waals surface area contributed by atoms with Gasteiger partial charge in [0, 0.05) is 6.54 Å². The minimum atomic E-state index is -0.334. The van der Waals surface area contributed by atoms with Crippen LogP contribution in [0.3, 0.4) is 0 Å². The fraction of sp³-hybridized carbons (Fsp3) is 0.909. The third kappa shape index (κ3) is 4.03. The van der Waals surface area contributed by atoms with E-state index in [0.29, 0.717) is 11.3 Å². The SMILES string of the molecule is CSCC[C@H](N)C(=O)NCC1CC1(C)C. The molecule has 2 atom stereocenters. The normalized spacial score (nSPS) is 24.7. The third-order valence-corrected chi connectivity index (χ3v) is 3.85. The number of amides is 1. The molecular weight excluding hydrogens is 208 g/mol. The number of hydrogen-bond acceptors (Lipinski definition) is 3. The number of rotatable bonds is 6. The number of nitrogens with one attached hydrogen (secondary N) is 1. The standard InChI is InChI=1S/C11H22N2OS/c1-11(2)6-8(11)7-13-10(14)9(12)4-5-15-3/h8-9H,4-7,12H2,1-3H3,(H,13,14)/t8?,9-/m0/s1. The Morgan fingerprint density at radius 1 is 1.67 bits per heavy atom. The smallest absolute Gasteiger partial charge is 0.236 e. The van der Waals surface area contributed by atoms with Crippen LogP contribution in [0.15, 0.2) is 0 Å². The van der Waals surface area contributed by atoms with Crippen LogP contribution >= 0.6 is 11.8 Å². The second kappa shape index (κ2) is 5.21. The average Bonchev–Trinajstić information content (AvgIpc) is 2.79. The van der Waals surface area contributed by atoms with Crippen molar-refractivity contribution in [1.82, 2.24) is 5.32 Å². The summed E-state index contributed by atoms with van der Waals surface area (Å²) in [6.45, 7) is 5.26. The maximum absolute atomic E-state index is 11.5. The Morgan fingerprint density at radius 3 is 2.73 bits per heavy atom. The summed E-state index contributed by atoms with van der Waals surface area (Å²) in [7, 11) is 0. The predicted octanol–water partition coefficient (Wildman–Crippen LogP) is 1.23. The van der Waals surface area contributed by atoms with Gasteiger partial charge in [-0.15, -0.1) is 0 Å². The molecule has 0 spiro atoms. The van der Waals surface area contributed by atoms with Crippen molar-refractivity contribution in [2.24, 2.45) is 17.1 Å². The van der Waals surface area contributed by atoms with Crippen molar-refractivity contribution in [2.45, 2.75) is 32.7 Å². The Morgan fingerprint density at radius 2 is 2.27 bits per heavy atom. The Kier molecular flexibility index (Phi) is 4.46. The van der Waals surface area contributed by atoms with Gasteiger partial charge in [0.2, 0.25) is 5.91 Å². The van der Waals surface area contributed by atoms with Crippen LogP contribution in [0.2, 0.25) is 0 Å². The first-order chi connectivity index (χ1) is 6.97. The van der Waals surface area contributed by atoms with E-state index >= 15 is 0 Å². The van der Waals surface area contributed by atoms with Crippen LogP contribution in [0.5, 0.6) is 0 Å². The van der Waals surface area contributed by atoms with Gasteiger partial charge in [-0.25, -0.2) is 0 Å². The highest BCUT2D eigenvalue weighted by Gasteiger charge is 2.45. The molecule has 0 saturated heterocycles. The lowest BCUT2D eigenvalue weighted by Gasteiger charge is -2.12. The molecule has 15 heavy (non-hydrogen) atoms. The van der Waals surface area contributed by atoms with E-state index in [1.54, 1.807) is 11.8 Å². The van der Waals surface area contributed by atoms with E-state index in [4.69, 9.17) is 5.73 Å². The van der Waals surface area contributed by atoms with Gasteiger partial charge in [-0.1, -0.05) is 13.8 Å². The van der Waals surface area contributed by atoms with Crippen molar-refractivity contribution in [2.75, 3.05) is 18.6 Å². The van der Waals surface area contributed by atoms with E-state index in [9.17, 15) is 4.79 Å². The number of nitrogens with two attached hydrogens (primary N) is 1. The summed E-state index contributed by atoms with van der Waals surface area (Å²) >= 11 is 1.72. The first-order valence-corrected chi connectivity index (χ1v) is 6.89. The molecule has 1 rings (SSSR count). The molecule has 1 amide bonds. The Labute approximate surface area is 96.6 Å². The van der Waals surface area contributed by atoms with Crippen LogP contribution in [-0.4, -0.2) is 30.5 Å². The van der Waals surface area contributed by atoms with Crippen molar-refractivity contribution < 1.29 is 4.79 Å². The van der Waals surface area contributed by atoms with Gasteiger partial charge in [-0.2, -0.15) is 11.8 Å². The fourth-order valence-electron chi connectivity index (χ4n) is 1.66. The molecule has 0 aromatic rings. The second-order valence-corrected chi connectivity index (χ2v) is 6.01. The molecule has 1 aliphatic rings. The summed E-state index contributed by atoms with van der Waals surface area (Å²) in [4.78, 5) is 11.5. The molecule has 1 saturated carbocycles. The van der Waals surface area contributed by atoms with Gasteiger partial charge in [-0.05, 0) is 36.2 Å². The summed E-state index contributed by atoms with van der Waals surface area (Å²) in [5, 5.41) is 2.94. The molecule has 0 aromatic heterocycles. The first kappa shape index (κ1) is 12.8. The first-order valence-electron chi connectivity index (χ1n) is 5.49. The molecule has 1 fully saturated rings. The number of thioether (sulfide) groups is 1. The maximum Gasteiger partial charge on any atom is 0.236 e. The Bertz CT molecular complexity index is 231. The minimum absolute atomic E-state index is 0.00625. The van der Waals surface area contributed by atoms with Gasteiger partial charge < -0.3 is 11.1 Å². The van der Waals surface area contributed by atoms with E-state index in [-0.39, 0.29) is 11.9 Å². The van der Waals surface area contributed by atoms with E-state index in [2.05, 4.69) is 19.2 Å². The number of carbonyl (C=O) groups is 1. The van der Waals surface area contributed by atoms with Crippen molar-refractivity contribution in [3.63, 3.8) is 0 Å². The molecule has 0 bridgehead atoms. The van der Waals surface area contributed by atoms with Gasteiger partial charge in [0.25, 0.3) is 0 Å². The number of hydrogen-bond donors (Lipinski definition) is 2. The summed E-state index contributed by atoms with van der Waals surface area (Å²) in [5.74, 6) is 1.60. The van der Waals surface area contributed by atoms with Crippen molar-refractivity contribution in [3.8, 4) is 0 Å². The summed E-state index contributed by atoms with van der Waals surface area (Å²) in [6, 6.07) is -0.334. The lowest BCUT2D eigenvalue weighted by molar-refractivity contribution is -0.122. The molecule has 0 radical (unpaired) electrons. The average molecular weight is 230 g/mol. The Hall–Kier alpha value is -0.220. The van der Waals surface area contributed by atoms with Gasteiger partial charge in [0.05, 0.1) is 6.04 Å². The summed E-state index contributed by atoms with van der Waals surface area (Å²) in [6.07, 6.45) is 4.01. The zero-order valence-electron chi connectivity index (χ0n) is 9.88. The Balaban J connectivity index is 2.13. The molecule has 0 aliphatic heterocycles. The highest BCUT2D eigenvalue weighted by atomic mass is 32.2. The van der Waals surface area contributed by atoms with Crippen LogP contribution in [0.25, 0.3) is 0 Å². The fourth-order valence-corrected chi connectivity index (χ4v) is 2.15. The highest BCUT2D eigenvalue weighted by Crippen LogP contribution is 2.50. The predicted molar refractivity (Wildman–Crippen MR) is 65.9 cm³/mol. The molecule has 4 heteroatoms. The summed E-state index contributed by atoms with van der Waals surface area (Å²) < 4.78 is 0. The molecule has 0 heterocycles. The summed E-state index contributed by atoms with van der Waals surface area (Å²) in [5.41, 5.74) is 6.18. The largest absolute Gasteiger partial charge is 0.354 e. The zero-order chi connectivity index (χ0) is 11.5. The molecule has 0 aromatic carbocycles. The molecular formula is C11H22N2OS. The van der Waals surface area contributed by atoms with Crippen LogP contribution < -0.4 is 11.1 Å². The van der Waals surface area contributed by atoms with E-state index in [1.165, 1.54) is 6.42 Å². The van der Waals surface area contributed by atoms with Gasteiger partial charge in [0.15, 0.2) is 0 Å². The lowest BCUT2D eigenvalue weighted by Crippen LogP contribution is -2.41. The minimum Gasteiger partial charge on any atom is -0.354 e. The van der Waals surface area contributed by atoms with Crippen LogP contribution in [0, 0.1) is 11.3 Å². The molecule has 3 N–H and O–H groups in total. The van der Waals surface area contributed by atoms with Gasteiger partial charge in [0.1, 0.15) is 0 Å². The third-order valence-electron chi connectivity index (χ3n) is 3.21. The van der Waals surface area contributed by atoms with Crippen LogP contribution in [-0.2, 0) is 4.79 Å². The van der Waals surface area contributed by atoms with Crippen molar-refractivity contribution in [1.29, 1.82) is 0 Å². The van der Waals surface area contributed by atoms with Gasteiger partial charge >= 0.3 is 0 Å². The number of carbonyl (C=O) groups excluding carboxylic acids is 1. The van der Waals surface area contributed by atoms with Crippen molar-refractivity contribution >= 4 is 17.7 Å². The van der Waals surface area contributed by atoms with Gasteiger partial charge in [-0.3, -0.25) is 4.79 Å². The molecule has 88 valence electrons. The van der Waals surface area contributed by atoms with E-state index in [1.807, 2.05) is 6.26 Å². The topological polar surface area (TPSA) is 55.1 Å². The quantitative estimate of drug-likeness (QED) is 0.721.